The summed E-state index contributed by atoms with van der Waals surface area (Å²) in [7, 11) is 0. The monoisotopic (exact) mass is 441 g/mol. The molecule has 0 saturated carbocycles. The van der Waals surface area contributed by atoms with E-state index in [0.717, 1.165) is 4.90 Å². The molecule has 0 radical (unpaired) electrons. The Morgan fingerprint density at radius 1 is 0.758 bits per heavy atom. The fraction of sp³-hybridized carbons (Fsp3) is 0.154. The molecule has 3 aromatic rings. The summed E-state index contributed by atoms with van der Waals surface area (Å²) in [6.45, 7) is 0.131. The summed E-state index contributed by atoms with van der Waals surface area (Å²) in [5.41, 5.74) is 2.05. The van der Waals surface area contributed by atoms with Gasteiger partial charge < -0.3 is 10.6 Å². The molecule has 7 nitrogen and oxygen atoms in total. The highest BCUT2D eigenvalue weighted by Gasteiger charge is 2.34. The van der Waals surface area contributed by atoms with Crippen molar-refractivity contribution in [1.29, 1.82) is 0 Å². The molecule has 0 spiro atoms. The zero-order chi connectivity index (χ0) is 23.2. The van der Waals surface area contributed by atoms with Crippen molar-refractivity contribution in [2.45, 2.75) is 18.9 Å². The molecule has 0 bridgehead atoms. The molecule has 0 fully saturated rings. The fourth-order valence-corrected chi connectivity index (χ4v) is 3.75. The van der Waals surface area contributed by atoms with Gasteiger partial charge in [-0.15, -0.1) is 0 Å². The number of benzene rings is 3. The Balaban J connectivity index is 1.37. The number of nitrogens with one attached hydrogen (secondary N) is 2. The summed E-state index contributed by atoms with van der Waals surface area (Å²) in [5, 5.41) is 5.60. The molecule has 166 valence electrons. The Morgan fingerprint density at radius 3 is 1.91 bits per heavy atom. The number of amides is 4. The van der Waals surface area contributed by atoms with E-state index in [1.807, 2.05) is 24.3 Å². The number of anilines is 1. The van der Waals surface area contributed by atoms with Gasteiger partial charge in [-0.2, -0.15) is 0 Å². The van der Waals surface area contributed by atoms with Crippen molar-refractivity contribution in [1.82, 2.24) is 10.2 Å². The van der Waals surface area contributed by atoms with Crippen molar-refractivity contribution in [3.8, 4) is 0 Å². The topological polar surface area (TPSA) is 95.6 Å². The molecular weight excluding hydrogens is 418 g/mol. The fourth-order valence-electron chi connectivity index (χ4n) is 3.75. The summed E-state index contributed by atoms with van der Waals surface area (Å²) >= 11 is 0. The van der Waals surface area contributed by atoms with Crippen molar-refractivity contribution in [3.05, 3.63) is 102 Å². The molecule has 0 aliphatic carbocycles. The van der Waals surface area contributed by atoms with E-state index in [0.29, 0.717) is 28.8 Å². The van der Waals surface area contributed by atoms with Gasteiger partial charge in [0.15, 0.2) is 0 Å². The average Bonchev–Trinajstić information content (AvgIpc) is 3.08. The first-order valence-electron chi connectivity index (χ1n) is 10.7. The Bertz CT molecular complexity index is 1140. The number of para-hydroxylation sites is 1. The third-order valence-corrected chi connectivity index (χ3v) is 5.41. The Morgan fingerprint density at radius 2 is 1.30 bits per heavy atom. The molecule has 0 aromatic heterocycles. The van der Waals surface area contributed by atoms with Crippen LogP contribution >= 0.6 is 0 Å². The van der Waals surface area contributed by atoms with E-state index in [9.17, 15) is 19.2 Å². The van der Waals surface area contributed by atoms with Crippen LogP contribution in [0, 0.1) is 0 Å². The lowest BCUT2D eigenvalue weighted by atomic mass is 10.1. The lowest BCUT2D eigenvalue weighted by molar-refractivity contribution is -0.126. The van der Waals surface area contributed by atoms with Crippen LogP contribution in [0.4, 0.5) is 5.69 Å². The smallest absolute Gasteiger partial charge is 0.261 e. The SMILES string of the molecule is O=C(CCCN1C(=O)c2ccccc2C1=O)NC(C(=O)Nc1ccccc1)c1ccccc1. The molecule has 7 heteroatoms. The van der Waals surface area contributed by atoms with Crippen LogP contribution < -0.4 is 10.6 Å². The maximum absolute atomic E-state index is 12.9. The quantitative estimate of drug-likeness (QED) is 0.523. The number of carbonyl (C=O) groups is 4. The standard InChI is InChI=1S/C26H23N3O4/c30-22(16-9-17-29-25(32)20-14-7-8-15-21(20)26(29)33)28-23(18-10-3-1-4-11-18)24(31)27-19-12-5-2-6-13-19/h1-8,10-15,23H,9,16-17H2,(H,27,31)(H,28,30). The minimum Gasteiger partial charge on any atom is -0.341 e. The molecule has 4 rings (SSSR count). The van der Waals surface area contributed by atoms with E-state index < -0.39 is 6.04 Å². The minimum atomic E-state index is -0.877. The first kappa shape index (κ1) is 22.0. The van der Waals surface area contributed by atoms with Gasteiger partial charge in [-0.1, -0.05) is 60.7 Å². The average molecular weight is 441 g/mol. The van der Waals surface area contributed by atoms with E-state index in [2.05, 4.69) is 10.6 Å². The first-order chi connectivity index (χ1) is 16.0. The summed E-state index contributed by atoms with van der Waals surface area (Å²) in [6.07, 6.45) is 0.356. The summed E-state index contributed by atoms with van der Waals surface area (Å²) in [5.74, 6) is -1.40. The van der Waals surface area contributed by atoms with Crippen molar-refractivity contribution >= 4 is 29.3 Å². The van der Waals surface area contributed by atoms with Crippen LogP contribution in [-0.2, 0) is 9.59 Å². The van der Waals surface area contributed by atoms with E-state index in [1.165, 1.54) is 0 Å². The second-order valence-electron chi connectivity index (χ2n) is 7.68. The number of fused-ring (bicyclic) bond motifs is 1. The predicted molar refractivity (Wildman–Crippen MR) is 123 cm³/mol. The van der Waals surface area contributed by atoms with Gasteiger partial charge in [-0.05, 0) is 36.2 Å². The third kappa shape index (κ3) is 4.98. The minimum absolute atomic E-state index is 0.0648. The molecule has 1 aliphatic heterocycles. The molecule has 0 saturated heterocycles. The normalized spacial score (nSPS) is 13.4. The lowest BCUT2D eigenvalue weighted by Gasteiger charge is -2.19. The maximum Gasteiger partial charge on any atom is 0.261 e. The number of rotatable bonds is 8. The van der Waals surface area contributed by atoms with Gasteiger partial charge in [0.1, 0.15) is 6.04 Å². The van der Waals surface area contributed by atoms with Crippen LogP contribution in [0.5, 0.6) is 0 Å². The van der Waals surface area contributed by atoms with Crippen molar-refractivity contribution in [2.75, 3.05) is 11.9 Å². The molecule has 4 amide bonds. The number of hydrogen-bond donors (Lipinski definition) is 2. The predicted octanol–water partition coefficient (Wildman–Crippen LogP) is 3.56. The van der Waals surface area contributed by atoms with Gasteiger partial charge in [-0.25, -0.2) is 0 Å². The Labute approximate surface area is 191 Å². The molecule has 1 aliphatic rings. The molecule has 1 atom stereocenters. The van der Waals surface area contributed by atoms with E-state index >= 15 is 0 Å². The summed E-state index contributed by atoms with van der Waals surface area (Å²) in [6, 6.07) is 23.8. The molecule has 2 N–H and O–H groups in total. The summed E-state index contributed by atoms with van der Waals surface area (Å²) in [4.78, 5) is 51.7. The Hall–Kier alpha value is -4.26. The van der Waals surface area contributed by atoms with Crippen LogP contribution in [-0.4, -0.2) is 35.1 Å². The van der Waals surface area contributed by atoms with Gasteiger partial charge in [0.05, 0.1) is 11.1 Å². The van der Waals surface area contributed by atoms with E-state index in [4.69, 9.17) is 0 Å². The largest absolute Gasteiger partial charge is 0.341 e. The van der Waals surface area contributed by atoms with Gasteiger partial charge in [-0.3, -0.25) is 24.1 Å². The highest BCUT2D eigenvalue weighted by molar-refractivity contribution is 6.21. The maximum atomic E-state index is 12.9. The van der Waals surface area contributed by atoms with Gasteiger partial charge in [0.2, 0.25) is 5.91 Å². The molecule has 1 heterocycles. The highest BCUT2D eigenvalue weighted by Crippen LogP contribution is 2.23. The molecular formula is C26H23N3O4. The second kappa shape index (κ2) is 9.91. The highest BCUT2D eigenvalue weighted by atomic mass is 16.2. The number of carbonyl (C=O) groups excluding carboxylic acids is 4. The van der Waals surface area contributed by atoms with Gasteiger partial charge in [0, 0.05) is 18.7 Å². The lowest BCUT2D eigenvalue weighted by Crippen LogP contribution is -2.37. The summed E-state index contributed by atoms with van der Waals surface area (Å²) < 4.78 is 0. The van der Waals surface area contributed by atoms with Gasteiger partial charge >= 0.3 is 0 Å². The van der Waals surface area contributed by atoms with Crippen LogP contribution in [0.1, 0.15) is 45.2 Å². The van der Waals surface area contributed by atoms with Crippen LogP contribution in [0.2, 0.25) is 0 Å². The number of nitrogens with zero attached hydrogens (tertiary/aromatic N) is 1. The number of hydrogen-bond acceptors (Lipinski definition) is 4. The molecule has 3 aromatic carbocycles. The third-order valence-electron chi connectivity index (χ3n) is 5.41. The number of imide groups is 1. The van der Waals surface area contributed by atoms with Crippen molar-refractivity contribution < 1.29 is 19.2 Å². The van der Waals surface area contributed by atoms with Gasteiger partial charge in [0.25, 0.3) is 17.7 Å². The second-order valence-corrected chi connectivity index (χ2v) is 7.68. The molecule has 33 heavy (non-hydrogen) atoms. The zero-order valence-corrected chi connectivity index (χ0v) is 17.9. The van der Waals surface area contributed by atoms with E-state index in [1.54, 1.807) is 60.7 Å². The van der Waals surface area contributed by atoms with Crippen LogP contribution in [0.3, 0.4) is 0 Å². The van der Waals surface area contributed by atoms with Crippen molar-refractivity contribution in [2.24, 2.45) is 0 Å². The van der Waals surface area contributed by atoms with Crippen LogP contribution in [0.15, 0.2) is 84.9 Å². The first-order valence-corrected chi connectivity index (χ1v) is 10.7. The van der Waals surface area contributed by atoms with Crippen LogP contribution in [0.25, 0.3) is 0 Å². The zero-order valence-electron chi connectivity index (χ0n) is 17.9. The molecule has 1 unspecified atom stereocenters. The van der Waals surface area contributed by atoms with Crippen molar-refractivity contribution in [3.63, 3.8) is 0 Å². The van der Waals surface area contributed by atoms with E-state index in [-0.39, 0.29) is 36.6 Å². The Kier molecular flexibility index (Phi) is 6.59.